The number of hydrogen-bond donors (Lipinski definition) is 1. The van der Waals surface area contributed by atoms with Crippen molar-refractivity contribution in [3.8, 4) is 0 Å². The van der Waals surface area contributed by atoms with Crippen LogP contribution >= 0.6 is 0 Å². The van der Waals surface area contributed by atoms with E-state index in [0.717, 1.165) is 5.69 Å². The third-order valence-electron chi connectivity index (χ3n) is 2.72. The zero-order valence-electron chi connectivity index (χ0n) is 9.89. The molecule has 1 aromatic rings. The Morgan fingerprint density at radius 3 is 1.79 bits per heavy atom. The summed E-state index contributed by atoms with van der Waals surface area (Å²) in [7, 11) is 0. The lowest BCUT2D eigenvalue weighted by atomic mass is 9.89. The Labute approximate surface area is 87.3 Å². The molecule has 0 saturated heterocycles. The van der Waals surface area contributed by atoms with Gasteiger partial charge in [0, 0.05) is 5.69 Å². The highest BCUT2D eigenvalue weighted by Gasteiger charge is 2.11. The molecule has 1 rings (SSSR count). The van der Waals surface area contributed by atoms with Gasteiger partial charge < -0.3 is 5.73 Å². The summed E-state index contributed by atoms with van der Waals surface area (Å²) in [5.41, 5.74) is 10.9. The number of benzene rings is 1. The molecular weight excluding hydrogens is 170 g/mol. The normalized spacial score (nSPS) is 11.4. The predicted octanol–water partition coefficient (Wildman–Crippen LogP) is 3.82. The summed E-state index contributed by atoms with van der Waals surface area (Å²) in [6, 6.07) is 4.37. The maximum Gasteiger partial charge on any atom is 0.0346 e. The molecule has 0 aliphatic heterocycles. The molecule has 0 heterocycles. The van der Waals surface area contributed by atoms with Gasteiger partial charge in [-0.3, -0.25) is 0 Å². The summed E-state index contributed by atoms with van der Waals surface area (Å²) in [4.78, 5) is 0. The predicted molar refractivity (Wildman–Crippen MR) is 63.8 cm³/mol. The van der Waals surface area contributed by atoms with Crippen LogP contribution < -0.4 is 5.73 Å². The van der Waals surface area contributed by atoms with Gasteiger partial charge in [0.1, 0.15) is 0 Å². The van der Waals surface area contributed by atoms with E-state index in [1.807, 2.05) is 0 Å². The number of rotatable bonds is 2. The van der Waals surface area contributed by atoms with Gasteiger partial charge in [0.25, 0.3) is 0 Å². The molecule has 0 radical (unpaired) electrons. The fourth-order valence-electron chi connectivity index (χ4n) is 1.76. The minimum absolute atomic E-state index is 0.551. The van der Waals surface area contributed by atoms with Crippen molar-refractivity contribution >= 4 is 5.69 Å². The fraction of sp³-hybridized carbons (Fsp3) is 0.538. The van der Waals surface area contributed by atoms with E-state index in [-0.39, 0.29) is 0 Å². The molecule has 2 N–H and O–H groups in total. The van der Waals surface area contributed by atoms with Gasteiger partial charge in [-0.2, -0.15) is 0 Å². The van der Waals surface area contributed by atoms with Crippen LogP contribution in [0.15, 0.2) is 12.1 Å². The van der Waals surface area contributed by atoms with E-state index in [9.17, 15) is 0 Å². The van der Waals surface area contributed by atoms with E-state index in [2.05, 4.69) is 46.8 Å². The van der Waals surface area contributed by atoms with E-state index in [0.29, 0.717) is 11.8 Å². The molecule has 0 fully saturated rings. The second-order valence-electron chi connectivity index (χ2n) is 4.65. The standard InChI is InChI=1S/C13H21N/c1-8(2)11-6-10(5)13(14)7-12(11)9(3)4/h6-9H,14H2,1-5H3. The third kappa shape index (κ3) is 2.09. The minimum atomic E-state index is 0.551. The molecule has 0 aromatic heterocycles. The van der Waals surface area contributed by atoms with Gasteiger partial charge >= 0.3 is 0 Å². The first-order chi connectivity index (χ1) is 6.43. The third-order valence-corrected chi connectivity index (χ3v) is 2.72. The zero-order valence-corrected chi connectivity index (χ0v) is 9.89. The van der Waals surface area contributed by atoms with E-state index >= 15 is 0 Å². The molecule has 0 amide bonds. The quantitative estimate of drug-likeness (QED) is 0.706. The molecule has 0 aliphatic rings. The smallest absolute Gasteiger partial charge is 0.0346 e. The Balaban J connectivity index is 3.31. The summed E-state index contributed by atoms with van der Waals surface area (Å²) in [5, 5.41) is 0. The molecule has 78 valence electrons. The van der Waals surface area contributed by atoms with Gasteiger partial charge in [0.15, 0.2) is 0 Å². The van der Waals surface area contributed by atoms with Crippen LogP contribution in [-0.4, -0.2) is 0 Å². The van der Waals surface area contributed by atoms with Gasteiger partial charge in [-0.15, -0.1) is 0 Å². The molecule has 0 unspecified atom stereocenters. The van der Waals surface area contributed by atoms with Gasteiger partial charge in [-0.1, -0.05) is 33.8 Å². The number of aryl methyl sites for hydroxylation is 1. The summed E-state index contributed by atoms with van der Waals surface area (Å²) in [5.74, 6) is 1.13. The Bertz CT molecular complexity index is 291. The molecule has 1 nitrogen and oxygen atoms in total. The first kappa shape index (κ1) is 11.1. The average Bonchev–Trinajstić information content (AvgIpc) is 2.08. The molecular formula is C13H21N. The lowest BCUT2D eigenvalue weighted by Gasteiger charge is -2.18. The molecule has 0 atom stereocenters. The van der Waals surface area contributed by atoms with Gasteiger partial charge in [-0.25, -0.2) is 0 Å². The first-order valence-electron chi connectivity index (χ1n) is 5.33. The second-order valence-corrected chi connectivity index (χ2v) is 4.65. The number of hydrogen-bond acceptors (Lipinski definition) is 1. The van der Waals surface area contributed by atoms with Crippen molar-refractivity contribution in [2.45, 2.75) is 46.5 Å². The fourth-order valence-corrected chi connectivity index (χ4v) is 1.76. The minimum Gasteiger partial charge on any atom is -0.399 e. The van der Waals surface area contributed by atoms with Crippen LogP contribution in [0.3, 0.4) is 0 Å². The van der Waals surface area contributed by atoms with Crippen LogP contribution in [0.1, 0.15) is 56.2 Å². The molecule has 1 aromatic carbocycles. The Morgan fingerprint density at radius 2 is 1.36 bits per heavy atom. The van der Waals surface area contributed by atoms with Crippen LogP contribution in [0.5, 0.6) is 0 Å². The van der Waals surface area contributed by atoms with Crippen molar-refractivity contribution in [3.63, 3.8) is 0 Å². The van der Waals surface area contributed by atoms with Crippen molar-refractivity contribution in [3.05, 3.63) is 28.8 Å². The summed E-state index contributed by atoms with van der Waals surface area (Å²) < 4.78 is 0. The molecule has 1 heteroatoms. The monoisotopic (exact) mass is 191 g/mol. The van der Waals surface area contributed by atoms with Crippen LogP contribution in [0.2, 0.25) is 0 Å². The van der Waals surface area contributed by atoms with Crippen LogP contribution in [0.25, 0.3) is 0 Å². The van der Waals surface area contributed by atoms with Crippen LogP contribution in [-0.2, 0) is 0 Å². The average molecular weight is 191 g/mol. The maximum atomic E-state index is 5.93. The second kappa shape index (κ2) is 4.04. The van der Waals surface area contributed by atoms with E-state index < -0.39 is 0 Å². The lowest BCUT2D eigenvalue weighted by Crippen LogP contribution is -2.02. The van der Waals surface area contributed by atoms with Crippen molar-refractivity contribution in [1.82, 2.24) is 0 Å². The zero-order chi connectivity index (χ0) is 10.9. The highest BCUT2D eigenvalue weighted by Crippen LogP contribution is 2.29. The summed E-state index contributed by atoms with van der Waals surface area (Å²) in [6.45, 7) is 11.0. The Kier molecular flexibility index (Phi) is 3.20. The number of nitrogen functional groups attached to an aromatic ring is 1. The number of anilines is 1. The van der Waals surface area contributed by atoms with E-state index in [1.165, 1.54) is 16.7 Å². The van der Waals surface area contributed by atoms with E-state index in [1.54, 1.807) is 0 Å². The SMILES string of the molecule is Cc1cc(C(C)C)c(C(C)C)cc1N. The highest BCUT2D eigenvalue weighted by molar-refractivity contribution is 5.53. The summed E-state index contributed by atoms with van der Waals surface area (Å²) in [6.07, 6.45) is 0. The molecule has 0 bridgehead atoms. The lowest BCUT2D eigenvalue weighted by molar-refractivity contribution is 0.789. The Morgan fingerprint density at radius 1 is 0.929 bits per heavy atom. The van der Waals surface area contributed by atoms with Crippen LogP contribution in [0.4, 0.5) is 5.69 Å². The molecule has 0 saturated carbocycles. The summed E-state index contributed by atoms with van der Waals surface area (Å²) >= 11 is 0. The van der Waals surface area contributed by atoms with E-state index in [4.69, 9.17) is 5.73 Å². The molecule has 14 heavy (non-hydrogen) atoms. The number of nitrogens with two attached hydrogens (primary N) is 1. The van der Waals surface area contributed by atoms with Crippen molar-refractivity contribution < 1.29 is 0 Å². The van der Waals surface area contributed by atoms with Crippen molar-refractivity contribution in [2.75, 3.05) is 5.73 Å². The van der Waals surface area contributed by atoms with Crippen molar-refractivity contribution in [1.29, 1.82) is 0 Å². The molecule has 0 spiro atoms. The topological polar surface area (TPSA) is 26.0 Å². The largest absolute Gasteiger partial charge is 0.399 e. The first-order valence-corrected chi connectivity index (χ1v) is 5.33. The maximum absolute atomic E-state index is 5.93. The van der Waals surface area contributed by atoms with Crippen molar-refractivity contribution in [2.24, 2.45) is 0 Å². The van der Waals surface area contributed by atoms with Gasteiger partial charge in [0.05, 0.1) is 0 Å². The van der Waals surface area contributed by atoms with Gasteiger partial charge in [0.2, 0.25) is 0 Å². The van der Waals surface area contributed by atoms with Crippen LogP contribution in [0, 0.1) is 6.92 Å². The van der Waals surface area contributed by atoms with Gasteiger partial charge in [-0.05, 0) is 41.5 Å². The molecule has 0 aliphatic carbocycles. The Hall–Kier alpha value is -0.980. The highest BCUT2D eigenvalue weighted by atomic mass is 14.6.